The molecular weight excluding hydrogens is 280 g/mol. The van der Waals surface area contributed by atoms with Crippen LogP contribution in [0, 0.1) is 6.92 Å². The first-order valence-corrected chi connectivity index (χ1v) is 7.56. The summed E-state index contributed by atoms with van der Waals surface area (Å²) in [6.07, 6.45) is 5.91. The van der Waals surface area contributed by atoms with Gasteiger partial charge in [0.15, 0.2) is 5.82 Å². The van der Waals surface area contributed by atoms with E-state index in [9.17, 15) is 4.79 Å². The monoisotopic (exact) mass is 300 g/mol. The minimum atomic E-state index is -0.0521. The molecule has 2 aromatic heterocycles. The minimum absolute atomic E-state index is 0.0521. The number of hydrogen-bond acceptors (Lipinski definition) is 5. The molecule has 0 saturated carbocycles. The number of pyridine rings is 1. The van der Waals surface area contributed by atoms with E-state index in [-0.39, 0.29) is 5.91 Å². The first-order chi connectivity index (χ1) is 10.7. The van der Waals surface area contributed by atoms with Gasteiger partial charge in [-0.2, -0.15) is 0 Å². The van der Waals surface area contributed by atoms with Gasteiger partial charge in [-0.1, -0.05) is 5.16 Å². The smallest absolute Gasteiger partial charge is 0.239 e. The van der Waals surface area contributed by atoms with Crippen LogP contribution in [-0.4, -0.2) is 40.6 Å². The zero-order valence-corrected chi connectivity index (χ0v) is 12.7. The van der Waals surface area contributed by atoms with E-state index in [0.717, 1.165) is 25.9 Å². The number of aromatic nitrogens is 2. The Morgan fingerprint density at radius 3 is 3.00 bits per heavy atom. The lowest BCUT2D eigenvalue weighted by Gasteiger charge is -2.32. The molecule has 1 fully saturated rings. The molecule has 3 heterocycles. The van der Waals surface area contributed by atoms with Crippen molar-refractivity contribution in [2.75, 3.05) is 25.0 Å². The molecule has 3 rings (SSSR count). The van der Waals surface area contributed by atoms with Gasteiger partial charge in [0.25, 0.3) is 0 Å². The van der Waals surface area contributed by atoms with E-state index in [1.54, 1.807) is 13.0 Å². The maximum Gasteiger partial charge on any atom is 0.239 e. The van der Waals surface area contributed by atoms with Gasteiger partial charge in [0.2, 0.25) is 5.91 Å². The highest BCUT2D eigenvalue weighted by Crippen LogP contribution is 2.26. The van der Waals surface area contributed by atoms with Crippen LogP contribution in [0.5, 0.6) is 0 Å². The lowest BCUT2D eigenvalue weighted by atomic mass is 9.91. The molecular formula is C16H20N4O2. The zero-order valence-electron chi connectivity index (χ0n) is 12.7. The number of carbonyl (C=O) groups excluding carboxylic acids is 1. The highest BCUT2D eigenvalue weighted by atomic mass is 16.5. The second kappa shape index (κ2) is 6.70. The van der Waals surface area contributed by atoms with Gasteiger partial charge in [0.05, 0.1) is 6.54 Å². The highest BCUT2D eigenvalue weighted by molar-refractivity contribution is 5.91. The number of nitrogens with one attached hydrogen (secondary N) is 1. The summed E-state index contributed by atoms with van der Waals surface area (Å²) in [7, 11) is 0. The Labute approximate surface area is 129 Å². The average molecular weight is 300 g/mol. The van der Waals surface area contributed by atoms with Crippen molar-refractivity contribution in [1.82, 2.24) is 15.0 Å². The van der Waals surface area contributed by atoms with E-state index in [1.165, 1.54) is 5.56 Å². The van der Waals surface area contributed by atoms with E-state index in [2.05, 4.69) is 32.5 Å². The van der Waals surface area contributed by atoms with Crippen LogP contribution in [0.15, 0.2) is 35.1 Å². The minimum Gasteiger partial charge on any atom is -0.360 e. The number of carbonyl (C=O) groups is 1. The van der Waals surface area contributed by atoms with Crippen molar-refractivity contribution >= 4 is 11.7 Å². The summed E-state index contributed by atoms with van der Waals surface area (Å²) in [4.78, 5) is 18.3. The SMILES string of the molecule is Cc1cc(NC(=O)CN2CCCC(c3ccncc3)C2)no1. The van der Waals surface area contributed by atoms with Gasteiger partial charge in [0.1, 0.15) is 5.76 Å². The quantitative estimate of drug-likeness (QED) is 0.937. The normalized spacial score (nSPS) is 19.0. The maximum absolute atomic E-state index is 12.1. The molecule has 1 amide bonds. The van der Waals surface area contributed by atoms with E-state index in [1.807, 2.05) is 12.4 Å². The van der Waals surface area contributed by atoms with Gasteiger partial charge in [0, 0.05) is 25.0 Å². The lowest BCUT2D eigenvalue weighted by molar-refractivity contribution is -0.117. The topological polar surface area (TPSA) is 71.3 Å². The van der Waals surface area contributed by atoms with Crippen molar-refractivity contribution in [2.45, 2.75) is 25.7 Å². The Balaban J connectivity index is 1.55. The summed E-state index contributed by atoms with van der Waals surface area (Å²) >= 11 is 0. The number of anilines is 1. The standard InChI is InChI=1S/C16H20N4O2/c1-12-9-15(19-22-12)18-16(21)11-20-8-2-3-14(10-20)13-4-6-17-7-5-13/h4-7,9,14H,2-3,8,10-11H2,1H3,(H,18,19,21). The van der Waals surface area contributed by atoms with Gasteiger partial charge in [-0.25, -0.2) is 0 Å². The summed E-state index contributed by atoms with van der Waals surface area (Å²) in [6.45, 7) is 4.03. The fourth-order valence-electron chi connectivity index (χ4n) is 2.92. The third-order valence-electron chi connectivity index (χ3n) is 3.95. The summed E-state index contributed by atoms with van der Waals surface area (Å²) in [5.74, 6) is 1.58. The van der Waals surface area contributed by atoms with Gasteiger partial charge >= 0.3 is 0 Å². The lowest BCUT2D eigenvalue weighted by Crippen LogP contribution is -2.39. The van der Waals surface area contributed by atoms with Crippen LogP contribution in [-0.2, 0) is 4.79 Å². The van der Waals surface area contributed by atoms with Crippen molar-refractivity contribution in [3.8, 4) is 0 Å². The Morgan fingerprint density at radius 2 is 2.27 bits per heavy atom. The van der Waals surface area contributed by atoms with E-state index in [4.69, 9.17) is 4.52 Å². The molecule has 1 saturated heterocycles. The van der Waals surface area contributed by atoms with Crippen molar-refractivity contribution in [2.24, 2.45) is 0 Å². The number of amides is 1. The largest absolute Gasteiger partial charge is 0.360 e. The van der Waals surface area contributed by atoms with Crippen LogP contribution in [0.2, 0.25) is 0 Å². The highest BCUT2D eigenvalue weighted by Gasteiger charge is 2.23. The van der Waals surface area contributed by atoms with Crippen LogP contribution in [0.4, 0.5) is 5.82 Å². The van der Waals surface area contributed by atoms with Crippen LogP contribution in [0.3, 0.4) is 0 Å². The Bertz CT molecular complexity index is 626. The number of piperidine rings is 1. The Hall–Kier alpha value is -2.21. The number of hydrogen-bond donors (Lipinski definition) is 1. The fourth-order valence-corrected chi connectivity index (χ4v) is 2.92. The first-order valence-electron chi connectivity index (χ1n) is 7.56. The van der Waals surface area contributed by atoms with Crippen LogP contribution in [0.1, 0.15) is 30.1 Å². The van der Waals surface area contributed by atoms with Gasteiger partial charge in [-0.05, 0) is 49.9 Å². The molecule has 1 unspecified atom stereocenters. The molecule has 22 heavy (non-hydrogen) atoms. The molecule has 0 bridgehead atoms. The number of nitrogens with zero attached hydrogens (tertiary/aromatic N) is 3. The predicted octanol–water partition coefficient (Wildman–Crippen LogP) is 2.20. The molecule has 0 aliphatic carbocycles. The molecule has 1 aliphatic rings. The molecule has 1 atom stereocenters. The van der Waals surface area contributed by atoms with E-state index >= 15 is 0 Å². The van der Waals surface area contributed by atoms with Gasteiger partial charge in [-0.3, -0.25) is 14.7 Å². The Morgan fingerprint density at radius 1 is 1.45 bits per heavy atom. The van der Waals surface area contributed by atoms with E-state index < -0.39 is 0 Å². The van der Waals surface area contributed by atoms with Crippen LogP contribution in [0.25, 0.3) is 0 Å². The summed E-state index contributed by atoms with van der Waals surface area (Å²) in [5, 5.41) is 6.55. The molecule has 2 aromatic rings. The fraction of sp³-hybridized carbons (Fsp3) is 0.438. The van der Waals surface area contributed by atoms with Crippen molar-refractivity contribution < 1.29 is 9.32 Å². The summed E-state index contributed by atoms with van der Waals surface area (Å²) in [6, 6.07) is 5.84. The molecule has 6 heteroatoms. The van der Waals surface area contributed by atoms with E-state index in [0.29, 0.717) is 24.0 Å². The van der Waals surface area contributed by atoms with Crippen LogP contribution >= 0.6 is 0 Å². The summed E-state index contributed by atoms with van der Waals surface area (Å²) < 4.78 is 4.95. The molecule has 1 aliphatic heterocycles. The molecule has 0 spiro atoms. The molecule has 6 nitrogen and oxygen atoms in total. The van der Waals surface area contributed by atoms with Gasteiger partial charge in [-0.15, -0.1) is 0 Å². The molecule has 1 N–H and O–H groups in total. The van der Waals surface area contributed by atoms with Crippen molar-refractivity contribution in [3.63, 3.8) is 0 Å². The maximum atomic E-state index is 12.1. The van der Waals surface area contributed by atoms with Crippen molar-refractivity contribution in [3.05, 3.63) is 41.9 Å². The molecule has 116 valence electrons. The number of aryl methyl sites for hydroxylation is 1. The molecule has 0 aromatic carbocycles. The predicted molar refractivity (Wildman–Crippen MR) is 82.5 cm³/mol. The second-order valence-corrected chi connectivity index (χ2v) is 5.73. The third kappa shape index (κ3) is 3.71. The third-order valence-corrected chi connectivity index (χ3v) is 3.95. The first kappa shape index (κ1) is 14.7. The molecule has 0 radical (unpaired) electrons. The average Bonchev–Trinajstić information content (AvgIpc) is 2.93. The van der Waals surface area contributed by atoms with Gasteiger partial charge < -0.3 is 9.84 Å². The second-order valence-electron chi connectivity index (χ2n) is 5.73. The summed E-state index contributed by atoms with van der Waals surface area (Å²) in [5.41, 5.74) is 1.30. The van der Waals surface area contributed by atoms with Crippen LogP contribution < -0.4 is 5.32 Å². The number of rotatable bonds is 4. The van der Waals surface area contributed by atoms with Crippen molar-refractivity contribution in [1.29, 1.82) is 0 Å². The number of likely N-dealkylation sites (tertiary alicyclic amines) is 1. The zero-order chi connectivity index (χ0) is 15.4. The Kier molecular flexibility index (Phi) is 4.48.